The molecule has 2 N–H and O–H groups in total. The van der Waals surface area contributed by atoms with Gasteiger partial charge in [0.05, 0.1) is 18.1 Å². The van der Waals surface area contributed by atoms with Crippen LogP contribution >= 0.6 is 11.6 Å². The first kappa shape index (κ1) is 25.7. The van der Waals surface area contributed by atoms with Crippen LogP contribution in [0, 0.1) is 0 Å². The Morgan fingerprint density at radius 3 is 2.44 bits per heavy atom. The number of unbranched alkanes of at least 4 members (excludes halogenated alkanes) is 1. The maximum atomic E-state index is 12.4. The molecule has 0 aliphatic carbocycles. The smallest absolute Gasteiger partial charge is 0.310 e. The minimum atomic E-state index is -0.883. The zero-order chi connectivity index (χ0) is 23.7. The van der Waals surface area contributed by atoms with Crippen LogP contribution in [0.5, 0.6) is 11.5 Å². The fourth-order valence-corrected chi connectivity index (χ4v) is 3.85. The van der Waals surface area contributed by atoms with Crippen molar-refractivity contribution in [1.82, 2.24) is 0 Å². The normalized spacial score (nSPS) is 11.9. The van der Waals surface area contributed by atoms with Gasteiger partial charge in [-0.1, -0.05) is 50.4 Å². The first-order valence-corrected chi connectivity index (χ1v) is 11.7. The maximum Gasteiger partial charge on any atom is 0.310 e. The van der Waals surface area contributed by atoms with E-state index in [1.54, 1.807) is 31.2 Å². The van der Waals surface area contributed by atoms with E-state index in [4.69, 9.17) is 21.4 Å². The van der Waals surface area contributed by atoms with Crippen molar-refractivity contribution in [3.05, 3.63) is 57.6 Å². The Kier molecular flexibility index (Phi) is 10.0. The van der Waals surface area contributed by atoms with Gasteiger partial charge in [0, 0.05) is 17.0 Å². The minimum Gasteiger partial charge on any atom is -0.507 e. The molecular weight excluding hydrogens is 428 g/mol. The second-order valence-corrected chi connectivity index (χ2v) is 8.49. The number of hydrogen-bond donors (Lipinski definition) is 2. The van der Waals surface area contributed by atoms with Gasteiger partial charge in [-0.25, -0.2) is 0 Å². The van der Waals surface area contributed by atoms with E-state index in [2.05, 4.69) is 0 Å². The number of rotatable bonds is 13. The standard InChI is InChI=1S/C26H33ClO5/c1-4-6-10-23(28)20-13-14-24(21(8-5-2)25(20)29)32-15-7-9-18-11-12-19(16-22(18)27)17(3)26(30)31/h11-14,16-17,29H,4-10,15H2,1-3H3,(H,30,31). The summed E-state index contributed by atoms with van der Waals surface area (Å²) in [5, 5.41) is 20.4. The Bertz CT molecular complexity index is 938. The van der Waals surface area contributed by atoms with Gasteiger partial charge in [0.25, 0.3) is 0 Å². The van der Waals surface area contributed by atoms with Crippen LogP contribution in [0.25, 0.3) is 0 Å². The molecule has 2 aromatic carbocycles. The summed E-state index contributed by atoms with van der Waals surface area (Å²) in [5.41, 5.74) is 2.66. The van der Waals surface area contributed by atoms with E-state index in [1.807, 2.05) is 19.9 Å². The van der Waals surface area contributed by atoms with E-state index in [-0.39, 0.29) is 11.5 Å². The molecule has 0 aliphatic rings. The number of hydrogen-bond acceptors (Lipinski definition) is 4. The summed E-state index contributed by atoms with van der Waals surface area (Å²) in [6.45, 7) is 6.12. The monoisotopic (exact) mass is 460 g/mol. The molecular formula is C26H33ClO5. The topological polar surface area (TPSA) is 83.8 Å². The molecule has 0 spiro atoms. The Morgan fingerprint density at radius 2 is 1.81 bits per heavy atom. The van der Waals surface area contributed by atoms with E-state index in [0.717, 1.165) is 24.8 Å². The van der Waals surface area contributed by atoms with Gasteiger partial charge >= 0.3 is 5.97 Å². The zero-order valence-corrected chi connectivity index (χ0v) is 19.9. The summed E-state index contributed by atoms with van der Waals surface area (Å²) in [7, 11) is 0. The molecule has 0 aromatic heterocycles. The van der Waals surface area contributed by atoms with Crippen molar-refractivity contribution >= 4 is 23.4 Å². The van der Waals surface area contributed by atoms with Crippen LogP contribution in [0.2, 0.25) is 5.02 Å². The SMILES string of the molecule is CCCCC(=O)c1ccc(OCCCc2ccc(C(C)C(=O)O)cc2Cl)c(CCC)c1O. The molecule has 0 aliphatic heterocycles. The van der Waals surface area contributed by atoms with Crippen molar-refractivity contribution in [2.75, 3.05) is 6.61 Å². The quantitative estimate of drug-likeness (QED) is 0.261. The maximum absolute atomic E-state index is 12.4. The van der Waals surface area contributed by atoms with Gasteiger partial charge in [0.2, 0.25) is 0 Å². The summed E-state index contributed by atoms with van der Waals surface area (Å²) in [4.78, 5) is 23.5. The number of ketones is 1. The van der Waals surface area contributed by atoms with E-state index in [1.165, 1.54) is 0 Å². The number of aliphatic carboxylic acids is 1. The predicted molar refractivity (Wildman–Crippen MR) is 127 cm³/mol. The number of aromatic hydroxyl groups is 1. The molecule has 0 saturated carbocycles. The van der Waals surface area contributed by atoms with E-state index < -0.39 is 11.9 Å². The van der Waals surface area contributed by atoms with Crippen LogP contribution in [-0.4, -0.2) is 28.6 Å². The van der Waals surface area contributed by atoms with Crippen molar-refractivity contribution in [2.24, 2.45) is 0 Å². The number of carboxylic acid groups (broad SMARTS) is 1. The third-order valence-electron chi connectivity index (χ3n) is 5.59. The molecule has 0 radical (unpaired) electrons. The molecule has 174 valence electrons. The largest absolute Gasteiger partial charge is 0.507 e. The molecule has 0 fully saturated rings. The highest BCUT2D eigenvalue weighted by atomic mass is 35.5. The molecule has 0 saturated heterocycles. The fraction of sp³-hybridized carbons (Fsp3) is 0.462. The predicted octanol–water partition coefficient (Wildman–Crippen LogP) is 6.57. The summed E-state index contributed by atoms with van der Waals surface area (Å²) in [6.07, 6.45) is 5.01. The Hall–Kier alpha value is -2.53. The van der Waals surface area contributed by atoms with Crippen molar-refractivity contribution in [1.29, 1.82) is 0 Å². The van der Waals surface area contributed by atoms with Gasteiger partial charge in [-0.05, 0) is 61.9 Å². The van der Waals surface area contributed by atoms with E-state index in [0.29, 0.717) is 59.8 Å². The molecule has 1 atom stereocenters. The number of Topliss-reactive ketones (excluding diaryl/α,β-unsaturated/α-hetero) is 1. The third kappa shape index (κ3) is 6.73. The lowest BCUT2D eigenvalue weighted by molar-refractivity contribution is -0.138. The highest BCUT2D eigenvalue weighted by Crippen LogP contribution is 2.34. The third-order valence-corrected chi connectivity index (χ3v) is 5.94. The number of carbonyl (C=O) groups excluding carboxylic acids is 1. The highest BCUT2D eigenvalue weighted by molar-refractivity contribution is 6.31. The minimum absolute atomic E-state index is 0.0384. The second-order valence-electron chi connectivity index (χ2n) is 8.08. The van der Waals surface area contributed by atoms with Gasteiger partial charge in [-0.2, -0.15) is 0 Å². The van der Waals surface area contributed by atoms with Gasteiger partial charge < -0.3 is 14.9 Å². The lowest BCUT2D eigenvalue weighted by Crippen LogP contribution is -2.08. The van der Waals surface area contributed by atoms with Crippen LogP contribution in [0.3, 0.4) is 0 Å². The number of aryl methyl sites for hydroxylation is 1. The van der Waals surface area contributed by atoms with Crippen molar-refractivity contribution in [3.63, 3.8) is 0 Å². The van der Waals surface area contributed by atoms with E-state index in [9.17, 15) is 14.7 Å². The molecule has 2 aromatic rings. The van der Waals surface area contributed by atoms with Crippen LogP contribution in [0.4, 0.5) is 0 Å². The first-order valence-electron chi connectivity index (χ1n) is 11.3. The molecule has 32 heavy (non-hydrogen) atoms. The lowest BCUT2D eigenvalue weighted by atomic mass is 9.98. The summed E-state index contributed by atoms with van der Waals surface area (Å²) in [5.74, 6) is -0.883. The van der Waals surface area contributed by atoms with Crippen LogP contribution in [-0.2, 0) is 17.6 Å². The van der Waals surface area contributed by atoms with Crippen molar-refractivity contribution in [2.45, 2.75) is 71.6 Å². The van der Waals surface area contributed by atoms with Gasteiger partial charge in [0.15, 0.2) is 5.78 Å². The summed E-state index contributed by atoms with van der Waals surface area (Å²) < 4.78 is 5.95. The number of carboxylic acids is 1. The summed E-state index contributed by atoms with van der Waals surface area (Å²) >= 11 is 6.35. The lowest BCUT2D eigenvalue weighted by Gasteiger charge is -2.15. The Morgan fingerprint density at radius 1 is 1.06 bits per heavy atom. The fourth-order valence-electron chi connectivity index (χ4n) is 3.56. The molecule has 6 heteroatoms. The van der Waals surface area contributed by atoms with Gasteiger partial charge in [0.1, 0.15) is 11.5 Å². The van der Waals surface area contributed by atoms with Crippen molar-refractivity contribution in [3.8, 4) is 11.5 Å². The Balaban J connectivity index is 2.02. The second kappa shape index (κ2) is 12.5. The average molecular weight is 461 g/mol. The Labute approximate surface area is 195 Å². The summed E-state index contributed by atoms with van der Waals surface area (Å²) in [6, 6.07) is 8.80. The first-order chi connectivity index (χ1) is 15.3. The molecule has 0 amide bonds. The number of phenolic OH excluding ortho intramolecular Hbond substituents is 1. The van der Waals surface area contributed by atoms with E-state index >= 15 is 0 Å². The zero-order valence-electron chi connectivity index (χ0n) is 19.1. The number of ether oxygens (including phenoxy) is 1. The highest BCUT2D eigenvalue weighted by Gasteiger charge is 2.18. The van der Waals surface area contributed by atoms with Crippen LogP contribution in [0.1, 0.15) is 85.8 Å². The van der Waals surface area contributed by atoms with Gasteiger partial charge in [-0.15, -0.1) is 0 Å². The molecule has 5 nitrogen and oxygen atoms in total. The molecule has 1 unspecified atom stereocenters. The average Bonchev–Trinajstić information content (AvgIpc) is 2.77. The number of phenols is 1. The van der Waals surface area contributed by atoms with Crippen molar-refractivity contribution < 1.29 is 24.5 Å². The number of carbonyl (C=O) groups is 2. The molecule has 0 bridgehead atoms. The molecule has 0 heterocycles. The van der Waals surface area contributed by atoms with Crippen LogP contribution < -0.4 is 4.74 Å². The molecule has 2 rings (SSSR count). The number of benzene rings is 2. The van der Waals surface area contributed by atoms with Crippen LogP contribution in [0.15, 0.2) is 30.3 Å². The van der Waals surface area contributed by atoms with Gasteiger partial charge in [-0.3, -0.25) is 9.59 Å². The number of halogens is 1.